The number of hydrogen-bond donors (Lipinski definition) is 2. The summed E-state index contributed by atoms with van der Waals surface area (Å²) in [6.07, 6.45) is 0. The van der Waals surface area contributed by atoms with Crippen molar-refractivity contribution < 1.29 is 18.3 Å². The number of hydrogen-bond acceptors (Lipinski definition) is 3. The van der Waals surface area contributed by atoms with Gasteiger partial charge < -0.3 is 20.5 Å². The van der Waals surface area contributed by atoms with E-state index < -0.39 is 6.61 Å². The van der Waals surface area contributed by atoms with Crippen LogP contribution in [0.5, 0.6) is 11.5 Å². The van der Waals surface area contributed by atoms with Gasteiger partial charge in [-0.25, -0.2) is 4.99 Å². The molecule has 0 aliphatic rings. The van der Waals surface area contributed by atoms with Crippen LogP contribution in [0.25, 0.3) is 0 Å². The molecule has 3 N–H and O–H groups in total. The molecule has 0 radical (unpaired) electrons. The van der Waals surface area contributed by atoms with Crippen LogP contribution in [0, 0.1) is 0 Å². The van der Waals surface area contributed by atoms with E-state index in [1.165, 1.54) is 13.2 Å². The fraction of sp³-hybridized carbons (Fsp3) is 0.357. The van der Waals surface area contributed by atoms with Crippen molar-refractivity contribution in [3.63, 3.8) is 0 Å². The number of nitrogens with zero attached hydrogens (tertiary/aromatic N) is 1. The largest absolute Gasteiger partial charge is 0.493 e. The van der Waals surface area contributed by atoms with Crippen LogP contribution < -0.4 is 20.5 Å². The molecule has 1 rings (SSSR count). The molecule has 0 aliphatic heterocycles. The van der Waals surface area contributed by atoms with Gasteiger partial charge in [0.25, 0.3) is 0 Å². The maximum absolute atomic E-state index is 12.3. The van der Waals surface area contributed by atoms with E-state index in [9.17, 15) is 8.78 Å². The van der Waals surface area contributed by atoms with Crippen LogP contribution in [-0.4, -0.2) is 26.2 Å². The zero-order chi connectivity index (χ0) is 15.8. The average molecular weight is 427 g/mol. The summed E-state index contributed by atoms with van der Waals surface area (Å²) in [6.45, 7) is 3.43. The van der Waals surface area contributed by atoms with Crippen LogP contribution in [0.1, 0.15) is 12.5 Å². The number of halogens is 3. The van der Waals surface area contributed by atoms with Crippen molar-refractivity contribution in [2.45, 2.75) is 20.1 Å². The van der Waals surface area contributed by atoms with Gasteiger partial charge in [0.05, 0.1) is 13.7 Å². The first-order chi connectivity index (χ1) is 9.92. The van der Waals surface area contributed by atoms with Gasteiger partial charge in [-0.2, -0.15) is 8.78 Å². The maximum Gasteiger partial charge on any atom is 0.387 e. The second kappa shape index (κ2) is 10.2. The fourth-order valence-corrected chi connectivity index (χ4v) is 1.48. The van der Waals surface area contributed by atoms with Crippen LogP contribution >= 0.6 is 24.0 Å². The number of aliphatic imine (C=N–C) groups is 1. The minimum atomic E-state index is -2.92. The third kappa shape index (κ3) is 7.43. The van der Waals surface area contributed by atoms with Crippen molar-refractivity contribution in [2.75, 3.05) is 13.7 Å². The van der Waals surface area contributed by atoms with E-state index in [0.29, 0.717) is 12.1 Å². The predicted molar refractivity (Wildman–Crippen MR) is 93.2 cm³/mol. The summed E-state index contributed by atoms with van der Waals surface area (Å²) in [7, 11) is 1.38. The molecule has 0 bridgehead atoms. The first-order valence-electron chi connectivity index (χ1n) is 6.22. The molecular weight excluding hydrogens is 407 g/mol. The Labute approximate surface area is 145 Å². The van der Waals surface area contributed by atoms with Crippen LogP contribution in [0.4, 0.5) is 8.78 Å². The lowest BCUT2D eigenvalue weighted by atomic mass is 10.2. The third-order valence-corrected chi connectivity index (χ3v) is 2.45. The molecule has 0 unspecified atom stereocenters. The van der Waals surface area contributed by atoms with Gasteiger partial charge >= 0.3 is 6.61 Å². The van der Waals surface area contributed by atoms with Crippen molar-refractivity contribution in [3.05, 3.63) is 35.9 Å². The molecule has 124 valence electrons. The van der Waals surface area contributed by atoms with Crippen molar-refractivity contribution in [2.24, 2.45) is 10.7 Å². The first-order valence-corrected chi connectivity index (χ1v) is 6.22. The SMILES string of the molecule is C=C(C)CNC(N)=NCc1ccc(OC)c(OC(F)F)c1.I. The van der Waals surface area contributed by atoms with E-state index in [1.807, 2.05) is 6.92 Å². The number of ether oxygens (including phenoxy) is 2. The lowest BCUT2D eigenvalue weighted by molar-refractivity contribution is -0.0512. The number of alkyl halides is 2. The number of guanidine groups is 1. The van der Waals surface area contributed by atoms with E-state index in [0.717, 1.165) is 5.57 Å². The average Bonchev–Trinajstić information content (AvgIpc) is 2.42. The molecule has 0 aliphatic carbocycles. The standard InChI is InChI=1S/C14H19F2N3O2.HI/c1-9(2)7-18-14(17)19-8-10-4-5-11(20-3)12(6-10)21-13(15)16;/h4-6,13H,1,7-8H2,2-3H3,(H3,17,18,19);1H. The van der Waals surface area contributed by atoms with E-state index >= 15 is 0 Å². The Balaban J connectivity index is 0.00000441. The first kappa shape index (κ1) is 20.4. The van der Waals surface area contributed by atoms with Gasteiger partial charge in [-0.3, -0.25) is 0 Å². The van der Waals surface area contributed by atoms with E-state index in [2.05, 4.69) is 21.6 Å². The second-order valence-electron chi connectivity index (χ2n) is 4.38. The van der Waals surface area contributed by atoms with Crippen LogP contribution in [-0.2, 0) is 6.54 Å². The monoisotopic (exact) mass is 427 g/mol. The summed E-state index contributed by atoms with van der Waals surface area (Å²) in [5.41, 5.74) is 7.26. The number of rotatable bonds is 7. The van der Waals surface area contributed by atoms with E-state index in [-0.39, 0.29) is 48.0 Å². The highest BCUT2D eigenvalue weighted by Gasteiger charge is 2.11. The number of methoxy groups -OCH3 is 1. The molecule has 0 saturated heterocycles. The van der Waals surface area contributed by atoms with Crippen molar-refractivity contribution in [1.29, 1.82) is 0 Å². The Bertz CT molecular complexity index is 525. The molecule has 0 heterocycles. The number of nitrogens with two attached hydrogens (primary N) is 1. The van der Waals surface area contributed by atoms with Gasteiger partial charge in [0, 0.05) is 6.54 Å². The highest BCUT2D eigenvalue weighted by atomic mass is 127. The maximum atomic E-state index is 12.3. The van der Waals surface area contributed by atoms with Gasteiger partial charge in [0.2, 0.25) is 0 Å². The highest BCUT2D eigenvalue weighted by Crippen LogP contribution is 2.29. The summed E-state index contributed by atoms with van der Waals surface area (Å²) in [5.74, 6) is 0.454. The number of benzene rings is 1. The highest BCUT2D eigenvalue weighted by molar-refractivity contribution is 14.0. The van der Waals surface area contributed by atoms with Crippen LogP contribution in [0.15, 0.2) is 35.3 Å². The fourth-order valence-electron chi connectivity index (χ4n) is 1.48. The second-order valence-corrected chi connectivity index (χ2v) is 4.38. The molecule has 8 heteroatoms. The lowest BCUT2D eigenvalue weighted by Crippen LogP contribution is -2.32. The molecule has 1 aromatic carbocycles. The molecule has 0 fully saturated rings. The lowest BCUT2D eigenvalue weighted by Gasteiger charge is -2.11. The zero-order valence-electron chi connectivity index (χ0n) is 12.4. The Hall–Kier alpha value is -1.58. The molecule has 5 nitrogen and oxygen atoms in total. The summed E-state index contributed by atoms with van der Waals surface area (Å²) >= 11 is 0. The smallest absolute Gasteiger partial charge is 0.387 e. The van der Waals surface area contributed by atoms with Crippen LogP contribution in [0.3, 0.4) is 0 Å². The Morgan fingerprint density at radius 1 is 1.41 bits per heavy atom. The molecule has 22 heavy (non-hydrogen) atoms. The van der Waals surface area contributed by atoms with Crippen molar-refractivity contribution >= 4 is 29.9 Å². The van der Waals surface area contributed by atoms with Gasteiger partial charge in [-0.1, -0.05) is 18.2 Å². The van der Waals surface area contributed by atoms with Gasteiger partial charge in [0.15, 0.2) is 17.5 Å². The summed E-state index contributed by atoms with van der Waals surface area (Å²) in [4.78, 5) is 4.10. The molecule has 0 atom stereocenters. The summed E-state index contributed by atoms with van der Waals surface area (Å²) in [6, 6.07) is 4.69. The summed E-state index contributed by atoms with van der Waals surface area (Å²) in [5, 5.41) is 2.87. The Morgan fingerprint density at radius 3 is 2.64 bits per heavy atom. The van der Waals surface area contributed by atoms with Gasteiger partial charge in [-0.15, -0.1) is 24.0 Å². The molecule has 0 amide bonds. The molecular formula is C14H20F2IN3O2. The molecule has 0 aromatic heterocycles. The van der Waals surface area contributed by atoms with Crippen LogP contribution in [0.2, 0.25) is 0 Å². The summed E-state index contributed by atoms with van der Waals surface area (Å²) < 4.78 is 34.0. The van der Waals surface area contributed by atoms with Gasteiger partial charge in [-0.05, 0) is 24.6 Å². The van der Waals surface area contributed by atoms with Crippen molar-refractivity contribution in [3.8, 4) is 11.5 Å². The minimum Gasteiger partial charge on any atom is -0.493 e. The topological polar surface area (TPSA) is 68.9 Å². The molecule has 1 aromatic rings. The van der Waals surface area contributed by atoms with E-state index in [1.54, 1.807) is 12.1 Å². The molecule has 0 spiro atoms. The normalized spacial score (nSPS) is 10.9. The van der Waals surface area contributed by atoms with E-state index in [4.69, 9.17) is 10.5 Å². The minimum absolute atomic E-state index is 0. The Kier molecular flexibility index (Phi) is 9.46. The molecule has 0 saturated carbocycles. The van der Waals surface area contributed by atoms with Crippen molar-refractivity contribution in [1.82, 2.24) is 5.32 Å². The quantitative estimate of drug-likeness (QED) is 0.304. The van der Waals surface area contributed by atoms with Gasteiger partial charge in [0.1, 0.15) is 0 Å². The number of nitrogens with one attached hydrogen (secondary N) is 1. The third-order valence-electron chi connectivity index (χ3n) is 2.45. The predicted octanol–water partition coefficient (Wildman–Crippen LogP) is 2.90. The Morgan fingerprint density at radius 2 is 2.09 bits per heavy atom. The zero-order valence-corrected chi connectivity index (χ0v) is 14.8.